The molecule has 0 atom stereocenters. The monoisotopic (exact) mass is 305 g/mol. The second kappa shape index (κ2) is 6.26. The molecular weight excluding hydrogens is 286 g/mol. The van der Waals surface area contributed by atoms with E-state index in [1.54, 1.807) is 21.0 Å². The van der Waals surface area contributed by atoms with Gasteiger partial charge in [-0.25, -0.2) is 0 Å². The van der Waals surface area contributed by atoms with E-state index >= 15 is 0 Å². The summed E-state index contributed by atoms with van der Waals surface area (Å²) >= 11 is 1.37. The van der Waals surface area contributed by atoms with Crippen molar-refractivity contribution in [3.8, 4) is 5.75 Å². The fourth-order valence-electron chi connectivity index (χ4n) is 1.93. The number of nitrogens with one attached hydrogen (secondary N) is 1. The normalized spacial score (nSPS) is 14.8. The van der Waals surface area contributed by atoms with Crippen LogP contribution < -0.4 is 10.1 Å². The zero-order valence-electron chi connectivity index (χ0n) is 12.3. The van der Waals surface area contributed by atoms with Gasteiger partial charge in [0, 0.05) is 11.4 Å². The van der Waals surface area contributed by atoms with Gasteiger partial charge in [0.1, 0.15) is 10.5 Å². The van der Waals surface area contributed by atoms with E-state index in [0.29, 0.717) is 6.54 Å². The molecule has 21 heavy (non-hydrogen) atoms. The Morgan fingerprint density at radius 2 is 2.00 bits per heavy atom. The van der Waals surface area contributed by atoms with Crippen LogP contribution in [0.2, 0.25) is 0 Å². The van der Waals surface area contributed by atoms with Gasteiger partial charge >= 0.3 is 5.97 Å². The molecule has 0 unspecified atom stereocenters. The van der Waals surface area contributed by atoms with Gasteiger partial charge in [-0.2, -0.15) is 0 Å². The van der Waals surface area contributed by atoms with Crippen molar-refractivity contribution in [2.24, 2.45) is 0 Å². The zero-order chi connectivity index (χ0) is 15.5. The number of hydrogen-bond donors (Lipinski definition) is 2. The maximum atomic E-state index is 11.3. The average Bonchev–Trinajstić information content (AvgIpc) is 2.47. The van der Waals surface area contributed by atoms with Crippen molar-refractivity contribution in [3.63, 3.8) is 0 Å². The lowest BCUT2D eigenvalue weighted by Gasteiger charge is -2.24. The van der Waals surface area contributed by atoms with Gasteiger partial charge in [0.25, 0.3) is 0 Å². The SMILES string of the molecule is COc1ccc(C2=C(SC(C)(C)C(=O)O)C=CNC2)cc1. The zero-order valence-corrected chi connectivity index (χ0v) is 13.2. The van der Waals surface area contributed by atoms with Crippen molar-refractivity contribution < 1.29 is 14.6 Å². The summed E-state index contributed by atoms with van der Waals surface area (Å²) < 4.78 is 4.30. The molecule has 1 aliphatic heterocycles. The van der Waals surface area contributed by atoms with Gasteiger partial charge in [0.15, 0.2) is 0 Å². The first-order valence-electron chi connectivity index (χ1n) is 6.64. The Kier molecular flexibility index (Phi) is 4.63. The molecule has 2 rings (SSSR count). The first kappa shape index (κ1) is 15.5. The number of dihydropyridines is 1. The number of rotatable bonds is 5. The molecule has 0 spiro atoms. The van der Waals surface area contributed by atoms with Crippen LogP contribution in [0.15, 0.2) is 41.4 Å². The maximum absolute atomic E-state index is 11.3. The summed E-state index contributed by atoms with van der Waals surface area (Å²) in [7, 11) is 1.63. The second-order valence-electron chi connectivity index (χ2n) is 5.20. The van der Waals surface area contributed by atoms with Crippen molar-refractivity contribution in [1.82, 2.24) is 5.32 Å². The number of thioether (sulfide) groups is 1. The summed E-state index contributed by atoms with van der Waals surface area (Å²) in [6.45, 7) is 4.11. The van der Waals surface area contributed by atoms with Gasteiger partial charge in [0.2, 0.25) is 0 Å². The smallest absolute Gasteiger partial charge is 0.319 e. The molecule has 0 amide bonds. The number of allylic oxidation sites excluding steroid dienone is 1. The molecule has 0 aromatic heterocycles. The molecule has 112 valence electrons. The summed E-state index contributed by atoms with van der Waals surface area (Å²) in [5.41, 5.74) is 2.16. The Morgan fingerprint density at radius 1 is 1.33 bits per heavy atom. The van der Waals surface area contributed by atoms with Crippen LogP contribution in [-0.4, -0.2) is 29.5 Å². The highest BCUT2D eigenvalue weighted by Crippen LogP contribution is 2.38. The van der Waals surface area contributed by atoms with Crippen LogP contribution in [-0.2, 0) is 4.79 Å². The van der Waals surface area contributed by atoms with E-state index in [4.69, 9.17) is 4.74 Å². The standard InChI is InChI=1S/C16H19NO3S/c1-16(2,15(18)19)21-14-8-9-17-10-13(14)11-4-6-12(20-3)7-5-11/h4-9,17H,10H2,1-3H3,(H,18,19). The van der Waals surface area contributed by atoms with Crippen LogP contribution in [0.5, 0.6) is 5.75 Å². The minimum absolute atomic E-state index is 0.681. The van der Waals surface area contributed by atoms with Crippen molar-refractivity contribution in [2.45, 2.75) is 18.6 Å². The topological polar surface area (TPSA) is 58.6 Å². The maximum Gasteiger partial charge on any atom is 0.319 e. The fourth-order valence-corrected chi connectivity index (χ4v) is 3.02. The second-order valence-corrected chi connectivity index (χ2v) is 6.87. The Bertz CT molecular complexity index is 588. The van der Waals surface area contributed by atoms with E-state index in [2.05, 4.69) is 5.32 Å². The van der Waals surface area contributed by atoms with Gasteiger partial charge in [-0.1, -0.05) is 12.1 Å². The van der Waals surface area contributed by atoms with E-state index in [0.717, 1.165) is 21.8 Å². The molecule has 1 aliphatic rings. The summed E-state index contributed by atoms with van der Waals surface area (Å²) in [5.74, 6) is -0.0141. The first-order valence-corrected chi connectivity index (χ1v) is 7.45. The molecule has 4 nitrogen and oxygen atoms in total. The van der Waals surface area contributed by atoms with Crippen LogP contribution in [0.25, 0.3) is 5.57 Å². The van der Waals surface area contributed by atoms with Crippen molar-refractivity contribution in [1.29, 1.82) is 0 Å². The quantitative estimate of drug-likeness (QED) is 0.875. The number of carbonyl (C=O) groups is 1. The van der Waals surface area contributed by atoms with Crippen molar-refractivity contribution in [2.75, 3.05) is 13.7 Å². The van der Waals surface area contributed by atoms with Gasteiger partial charge in [-0.05, 0) is 49.4 Å². The highest BCUT2D eigenvalue weighted by Gasteiger charge is 2.30. The molecule has 1 aromatic rings. The first-order chi connectivity index (χ1) is 9.94. The summed E-state index contributed by atoms with van der Waals surface area (Å²) in [5, 5.41) is 12.5. The number of carboxylic acids is 1. The Labute approximate surface area is 128 Å². The predicted molar refractivity (Wildman–Crippen MR) is 86.4 cm³/mol. The molecule has 1 aromatic carbocycles. The Balaban J connectivity index is 2.35. The third-order valence-electron chi connectivity index (χ3n) is 3.25. The molecule has 0 radical (unpaired) electrons. The molecule has 5 heteroatoms. The largest absolute Gasteiger partial charge is 0.497 e. The number of benzene rings is 1. The highest BCUT2D eigenvalue weighted by atomic mass is 32.2. The molecule has 0 aliphatic carbocycles. The summed E-state index contributed by atoms with van der Waals surface area (Å²) in [6, 6.07) is 7.79. The van der Waals surface area contributed by atoms with Crippen LogP contribution in [0.1, 0.15) is 19.4 Å². The van der Waals surface area contributed by atoms with Crippen LogP contribution in [0.3, 0.4) is 0 Å². The molecule has 0 fully saturated rings. The van der Waals surface area contributed by atoms with E-state index in [9.17, 15) is 9.90 Å². The predicted octanol–water partition coefficient (Wildman–Crippen LogP) is 3.12. The molecule has 1 heterocycles. The Hall–Kier alpha value is -1.88. The van der Waals surface area contributed by atoms with E-state index in [1.165, 1.54) is 11.8 Å². The third kappa shape index (κ3) is 3.61. The summed E-state index contributed by atoms with van der Waals surface area (Å²) in [4.78, 5) is 12.3. The molecule has 0 bridgehead atoms. The van der Waals surface area contributed by atoms with Gasteiger partial charge in [-0.15, -0.1) is 11.8 Å². The molecular formula is C16H19NO3S. The van der Waals surface area contributed by atoms with E-state index in [1.807, 2.05) is 36.5 Å². The van der Waals surface area contributed by atoms with Crippen molar-refractivity contribution in [3.05, 3.63) is 47.0 Å². The lowest BCUT2D eigenvalue weighted by atomic mass is 10.0. The number of carboxylic acid groups (broad SMARTS) is 1. The lowest BCUT2D eigenvalue weighted by Crippen LogP contribution is -2.28. The van der Waals surface area contributed by atoms with Crippen LogP contribution >= 0.6 is 11.8 Å². The summed E-state index contributed by atoms with van der Waals surface area (Å²) in [6.07, 6.45) is 3.78. The molecule has 0 saturated carbocycles. The van der Waals surface area contributed by atoms with E-state index < -0.39 is 10.7 Å². The minimum Gasteiger partial charge on any atom is -0.497 e. The van der Waals surface area contributed by atoms with E-state index in [-0.39, 0.29) is 0 Å². The minimum atomic E-state index is -0.866. The van der Waals surface area contributed by atoms with Crippen molar-refractivity contribution >= 4 is 23.3 Å². The number of methoxy groups -OCH3 is 1. The number of hydrogen-bond acceptors (Lipinski definition) is 4. The fraction of sp³-hybridized carbons (Fsp3) is 0.312. The van der Waals surface area contributed by atoms with Crippen LogP contribution in [0.4, 0.5) is 0 Å². The average molecular weight is 305 g/mol. The van der Waals surface area contributed by atoms with Crippen LogP contribution in [0, 0.1) is 0 Å². The van der Waals surface area contributed by atoms with Gasteiger partial charge in [-0.3, -0.25) is 4.79 Å². The molecule has 2 N–H and O–H groups in total. The van der Waals surface area contributed by atoms with Gasteiger partial charge in [0.05, 0.1) is 7.11 Å². The number of aliphatic carboxylic acids is 1. The lowest BCUT2D eigenvalue weighted by molar-refractivity contribution is -0.138. The highest BCUT2D eigenvalue weighted by molar-refractivity contribution is 8.05. The Morgan fingerprint density at radius 3 is 2.57 bits per heavy atom. The number of ether oxygens (including phenoxy) is 1. The molecule has 0 saturated heterocycles. The van der Waals surface area contributed by atoms with Gasteiger partial charge < -0.3 is 15.2 Å². The third-order valence-corrected chi connectivity index (χ3v) is 4.53.